The first-order chi connectivity index (χ1) is 12.9. The van der Waals surface area contributed by atoms with Crippen molar-refractivity contribution in [2.75, 3.05) is 11.9 Å². The Balaban J connectivity index is 1.53. The van der Waals surface area contributed by atoms with Gasteiger partial charge >= 0.3 is 0 Å². The standard InChI is InChI=1S/C20H26N6O/c1-13-6-7-18-17(10-13)19(23-12-22-18)24-16(4)20(27)21-8-5-9-26-15(3)11-14(2)25-26/h6-7,10-12,16H,5,8-9H2,1-4H3,(H,21,27)(H,22,23,24). The molecule has 0 aliphatic rings. The zero-order valence-corrected chi connectivity index (χ0v) is 16.3. The largest absolute Gasteiger partial charge is 0.358 e. The van der Waals surface area contributed by atoms with Crippen molar-refractivity contribution >= 4 is 22.6 Å². The van der Waals surface area contributed by atoms with Crippen molar-refractivity contribution in [1.82, 2.24) is 25.1 Å². The summed E-state index contributed by atoms with van der Waals surface area (Å²) in [6.07, 6.45) is 2.34. The molecule has 0 spiro atoms. The summed E-state index contributed by atoms with van der Waals surface area (Å²) in [6.45, 7) is 9.27. The topological polar surface area (TPSA) is 84.7 Å². The van der Waals surface area contributed by atoms with Crippen molar-refractivity contribution < 1.29 is 4.79 Å². The summed E-state index contributed by atoms with van der Waals surface area (Å²) in [6, 6.07) is 7.66. The Hall–Kier alpha value is -2.96. The minimum Gasteiger partial charge on any atom is -0.358 e. The lowest BCUT2D eigenvalue weighted by atomic mass is 10.1. The molecule has 1 amide bonds. The molecule has 1 aromatic carbocycles. The molecule has 0 aliphatic carbocycles. The minimum atomic E-state index is -0.391. The number of anilines is 1. The van der Waals surface area contributed by atoms with Crippen LogP contribution in [0.15, 0.2) is 30.6 Å². The zero-order chi connectivity index (χ0) is 19.4. The normalized spacial score (nSPS) is 12.1. The average molecular weight is 366 g/mol. The number of aryl methyl sites for hydroxylation is 4. The molecule has 0 radical (unpaired) electrons. The van der Waals surface area contributed by atoms with E-state index >= 15 is 0 Å². The summed E-state index contributed by atoms with van der Waals surface area (Å²) >= 11 is 0. The maximum Gasteiger partial charge on any atom is 0.242 e. The summed E-state index contributed by atoms with van der Waals surface area (Å²) in [5.41, 5.74) is 4.14. The van der Waals surface area contributed by atoms with Crippen LogP contribution in [-0.2, 0) is 11.3 Å². The average Bonchev–Trinajstić information content (AvgIpc) is 2.96. The molecule has 2 N–H and O–H groups in total. The van der Waals surface area contributed by atoms with Crippen LogP contribution in [-0.4, -0.2) is 38.2 Å². The third kappa shape index (κ3) is 4.61. The Morgan fingerprint density at radius 1 is 1.19 bits per heavy atom. The van der Waals surface area contributed by atoms with Gasteiger partial charge in [0.15, 0.2) is 0 Å². The van der Waals surface area contributed by atoms with Crippen LogP contribution in [0.2, 0.25) is 0 Å². The number of hydrogen-bond donors (Lipinski definition) is 2. The highest BCUT2D eigenvalue weighted by molar-refractivity contribution is 5.92. The molecule has 27 heavy (non-hydrogen) atoms. The lowest BCUT2D eigenvalue weighted by Gasteiger charge is -2.16. The molecule has 7 nitrogen and oxygen atoms in total. The molecule has 2 heterocycles. The molecule has 3 rings (SSSR count). The summed E-state index contributed by atoms with van der Waals surface area (Å²) in [5, 5.41) is 11.5. The van der Waals surface area contributed by atoms with E-state index in [0.29, 0.717) is 12.4 Å². The second kappa shape index (κ2) is 8.16. The second-order valence-corrected chi connectivity index (χ2v) is 6.90. The highest BCUT2D eigenvalue weighted by Crippen LogP contribution is 2.20. The SMILES string of the molecule is Cc1ccc2ncnc(NC(C)C(=O)NCCCn3nc(C)cc3C)c2c1. The van der Waals surface area contributed by atoms with E-state index < -0.39 is 6.04 Å². The first kappa shape index (κ1) is 18.8. The highest BCUT2D eigenvalue weighted by atomic mass is 16.2. The number of carbonyl (C=O) groups excluding carboxylic acids is 1. The molecule has 7 heteroatoms. The molecule has 1 atom stereocenters. The molecule has 2 aromatic heterocycles. The third-order valence-electron chi connectivity index (χ3n) is 4.49. The van der Waals surface area contributed by atoms with Crippen LogP contribution in [0, 0.1) is 20.8 Å². The number of aromatic nitrogens is 4. The molecule has 0 saturated heterocycles. The van der Waals surface area contributed by atoms with Gasteiger partial charge in [-0.1, -0.05) is 11.6 Å². The van der Waals surface area contributed by atoms with Gasteiger partial charge in [-0.25, -0.2) is 9.97 Å². The van der Waals surface area contributed by atoms with Crippen LogP contribution in [0.1, 0.15) is 30.3 Å². The first-order valence-electron chi connectivity index (χ1n) is 9.20. The first-order valence-corrected chi connectivity index (χ1v) is 9.20. The van der Waals surface area contributed by atoms with Gasteiger partial charge in [-0.2, -0.15) is 5.10 Å². The van der Waals surface area contributed by atoms with Crippen LogP contribution in [0.25, 0.3) is 10.9 Å². The minimum absolute atomic E-state index is 0.0530. The van der Waals surface area contributed by atoms with Crippen LogP contribution in [0.5, 0.6) is 0 Å². The van der Waals surface area contributed by atoms with Gasteiger partial charge in [0.1, 0.15) is 18.2 Å². The molecule has 3 aromatic rings. The molecule has 0 fully saturated rings. The number of rotatable bonds is 7. The zero-order valence-electron chi connectivity index (χ0n) is 16.3. The molecule has 0 saturated carbocycles. The summed E-state index contributed by atoms with van der Waals surface area (Å²) in [7, 11) is 0. The molecule has 142 valence electrons. The summed E-state index contributed by atoms with van der Waals surface area (Å²) in [5.74, 6) is 0.622. The van der Waals surface area contributed by atoms with Gasteiger partial charge < -0.3 is 10.6 Å². The Bertz CT molecular complexity index is 949. The monoisotopic (exact) mass is 366 g/mol. The fraction of sp³-hybridized carbons (Fsp3) is 0.400. The summed E-state index contributed by atoms with van der Waals surface area (Å²) in [4.78, 5) is 21.0. The van der Waals surface area contributed by atoms with Crippen LogP contribution >= 0.6 is 0 Å². The van der Waals surface area contributed by atoms with Gasteiger partial charge in [-0.05, 0) is 52.3 Å². The van der Waals surface area contributed by atoms with Crippen LogP contribution in [0.3, 0.4) is 0 Å². The fourth-order valence-electron chi connectivity index (χ4n) is 3.05. The number of benzene rings is 1. The number of hydrogen-bond acceptors (Lipinski definition) is 5. The molecular weight excluding hydrogens is 340 g/mol. The van der Waals surface area contributed by atoms with Crippen molar-refractivity contribution in [3.05, 3.63) is 47.5 Å². The predicted molar refractivity (Wildman–Crippen MR) is 107 cm³/mol. The lowest BCUT2D eigenvalue weighted by Crippen LogP contribution is -2.38. The van der Waals surface area contributed by atoms with Crippen molar-refractivity contribution in [2.24, 2.45) is 0 Å². The van der Waals surface area contributed by atoms with Crippen molar-refractivity contribution in [3.63, 3.8) is 0 Å². The van der Waals surface area contributed by atoms with Gasteiger partial charge in [-0.15, -0.1) is 0 Å². The number of fused-ring (bicyclic) bond motifs is 1. The van der Waals surface area contributed by atoms with Crippen LogP contribution < -0.4 is 10.6 Å². The maximum absolute atomic E-state index is 12.4. The quantitative estimate of drug-likeness (QED) is 0.628. The number of nitrogens with zero attached hydrogens (tertiary/aromatic N) is 4. The maximum atomic E-state index is 12.4. The van der Waals surface area contributed by atoms with E-state index in [-0.39, 0.29) is 5.91 Å². The van der Waals surface area contributed by atoms with Gasteiger partial charge in [0.25, 0.3) is 0 Å². The third-order valence-corrected chi connectivity index (χ3v) is 4.49. The van der Waals surface area contributed by atoms with E-state index in [4.69, 9.17) is 0 Å². The molecule has 1 unspecified atom stereocenters. The lowest BCUT2D eigenvalue weighted by molar-refractivity contribution is -0.121. The van der Waals surface area contributed by atoms with E-state index in [1.807, 2.05) is 50.6 Å². The van der Waals surface area contributed by atoms with Crippen molar-refractivity contribution in [3.8, 4) is 0 Å². The van der Waals surface area contributed by atoms with Crippen molar-refractivity contribution in [2.45, 2.75) is 46.7 Å². The van der Waals surface area contributed by atoms with Gasteiger partial charge in [0.05, 0.1) is 11.2 Å². The highest BCUT2D eigenvalue weighted by Gasteiger charge is 2.14. The van der Waals surface area contributed by atoms with Crippen LogP contribution in [0.4, 0.5) is 5.82 Å². The van der Waals surface area contributed by atoms with Gasteiger partial charge in [0.2, 0.25) is 5.91 Å². The molecule has 0 aliphatic heterocycles. The Labute approximate surface area is 159 Å². The van der Waals surface area contributed by atoms with E-state index in [1.54, 1.807) is 0 Å². The molecule has 0 bridgehead atoms. The van der Waals surface area contributed by atoms with E-state index in [0.717, 1.165) is 40.8 Å². The number of carbonyl (C=O) groups is 1. The number of nitrogens with one attached hydrogen (secondary N) is 2. The Morgan fingerprint density at radius 2 is 2.00 bits per heavy atom. The van der Waals surface area contributed by atoms with Gasteiger partial charge in [0, 0.05) is 24.2 Å². The smallest absolute Gasteiger partial charge is 0.242 e. The summed E-state index contributed by atoms with van der Waals surface area (Å²) < 4.78 is 1.97. The fourth-order valence-corrected chi connectivity index (χ4v) is 3.05. The van der Waals surface area contributed by atoms with Crippen molar-refractivity contribution in [1.29, 1.82) is 0 Å². The Kier molecular flexibility index (Phi) is 5.69. The van der Waals surface area contributed by atoms with E-state index in [2.05, 4.69) is 31.8 Å². The van der Waals surface area contributed by atoms with E-state index in [9.17, 15) is 4.79 Å². The second-order valence-electron chi connectivity index (χ2n) is 6.90. The predicted octanol–water partition coefficient (Wildman–Crippen LogP) is 2.76. The Morgan fingerprint density at radius 3 is 2.74 bits per heavy atom. The number of amides is 1. The van der Waals surface area contributed by atoms with Gasteiger partial charge in [-0.3, -0.25) is 9.48 Å². The van der Waals surface area contributed by atoms with E-state index in [1.165, 1.54) is 6.33 Å². The molecular formula is C20H26N6O.